The summed E-state index contributed by atoms with van der Waals surface area (Å²) in [7, 11) is 1.25. The zero-order valence-corrected chi connectivity index (χ0v) is 25.0. The normalized spacial score (nSPS) is 14.8. The summed E-state index contributed by atoms with van der Waals surface area (Å²) in [6.07, 6.45) is 1.49. The molecule has 0 fully saturated rings. The molecule has 0 amide bonds. The van der Waals surface area contributed by atoms with Gasteiger partial charge in [-0.1, -0.05) is 17.4 Å². The van der Waals surface area contributed by atoms with E-state index in [0.717, 1.165) is 17.4 Å². The van der Waals surface area contributed by atoms with E-state index in [1.807, 2.05) is 0 Å². The lowest BCUT2D eigenvalue weighted by Gasteiger charge is -2.25. The van der Waals surface area contributed by atoms with Gasteiger partial charge in [-0.05, 0) is 66.5 Å². The first-order valence-electron chi connectivity index (χ1n) is 12.5. The fraction of sp³-hybridized carbons (Fsp3) is 0.286. The number of hydrogen-bond acceptors (Lipinski definition) is 11. The van der Waals surface area contributed by atoms with Crippen LogP contribution in [0.25, 0.3) is 6.08 Å². The van der Waals surface area contributed by atoms with Gasteiger partial charge in [-0.25, -0.2) is 14.6 Å². The van der Waals surface area contributed by atoms with Crippen molar-refractivity contribution in [3.8, 4) is 23.0 Å². The van der Waals surface area contributed by atoms with Gasteiger partial charge in [0.05, 0.1) is 46.6 Å². The van der Waals surface area contributed by atoms with E-state index in [2.05, 4.69) is 25.7 Å². The number of allylic oxidation sites excluding steroid dienone is 1. The van der Waals surface area contributed by atoms with Crippen LogP contribution in [0.2, 0.25) is 0 Å². The minimum absolute atomic E-state index is 0.117. The molecule has 41 heavy (non-hydrogen) atoms. The molecule has 4 rings (SSSR count). The second-order valence-electron chi connectivity index (χ2n) is 8.67. The third kappa shape index (κ3) is 6.15. The number of nitrogens with zero attached hydrogens (tertiary/aromatic N) is 2. The van der Waals surface area contributed by atoms with Crippen LogP contribution < -0.4 is 24.4 Å². The summed E-state index contributed by atoms with van der Waals surface area (Å²) in [5.41, 5.74) is 0.899. The van der Waals surface area contributed by atoms with Gasteiger partial charge in [0.1, 0.15) is 11.5 Å². The molecule has 13 heteroatoms. The first-order valence-corrected chi connectivity index (χ1v) is 14.1. The zero-order valence-electron chi connectivity index (χ0n) is 22.6. The van der Waals surface area contributed by atoms with Crippen LogP contribution in [-0.4, -0.2) is 53.6 Å². The molecule has 11 nitrogen and oxygen atoms in total. The molecule has 0 radical (unpaired) electrons. The van der Waals surface area contributed by atoms with Crippen molar-refractivity contribution in [3.63, 3.8) is 0 Å². The van der Waals surface area contributed by atoms with Gasteiger partial charge in [0.2, 0.25) is 0 Å². The molecule has 216 valence electrons. The number of phenols is 2. The number of hydrogen-bond donors (Lipinski definition) is 2. The van der Waals surface area contributed by atoms with E-state index in [0.29, 0.717) is 31.8 Å². The van der Waals surface area contributed by atoms with E-state index >= 15 is 0 Å². The summed E-state index contributed by atoms with van der Waals surface area (Å²) < 4.78 is 23.3. The second-order valence-corrected chi connectivity index (χ2v) is 10.5. The van der Waals surface area contributed by atoms with Crippen LogP contribution in [0.3, 0.4) is 0 Å². The van der Waals surface area contributed by atoms with Crippen molar-refractivity contribution in [2.24, 2.45) is 4.99 Å². The minimum atomic E-state index is -0.929. The fourth-order valence-electron chi connectivity index (χ4n) is 4.21. The van der Waals surface area contributed by atoms with Crippen LogP contribution in [0.1, 0.15) is 37.9 Å². The SMILES string of the molecule is CCOC(=O)C1=C(C)N=c2s/c(=C\c3cc(Br)c(O)cc3O)c(=O)n2[C@@H]1c1ccc(OCC(=O)OC)c(OCC)c1. The number of esters is 2. The van der Waals surface area contributed by atoms with Gasteiger partial charge in [-0.15, -0.1) is 0 Å². The molecular weight excluding hydrogens is 620 g/mol. The van der Waals surface area contributed by atoms with E-state index in [4.69, 9.17) is 14.2 Å². The quantitative estimate of drug-likeness (QED) is 0.335. The highest BCUT2D eigenvalue weighted by molar-refractivity contribution is 9.10. The largest absolute Gasteiger partial charge is 0.507 e. The van der Waals surface area contributed by atoms with Crippen molar-refractivity contribution in [1.29, 1.82) is 0 Å². The van der Waals surface area contributed by atoms with Crippen LogP contribution >= 0.6 is 27.3 Å². The van der Waals surface area contributed by atoms with Crippen LogP contribution in [-0.2, 0) is 19.1 Å². The number of ether oxygens (including phenoxy) is 4. The summed E-state index contributed by atoms with van der Waals surface area (Å²) in [5, 5.41) is 20.2. The van der Waals surface area contributed by atoms with Gasteiger partial charge >= 0.3 is 11.9 Å². The van der Waals surface area contributed by atoms with Gasteiger partial charge < -0.3 is 29.2 Å². The molecule has 0 unspecified atom stereocenters. The Morgan fingerprint density at radius 2 is 1.85 bits per heavy atom. The standard InChI is InChI=1S/C28H27BrN2O9S/c1-5-38-21-10-15(7-8-20(21)40-13-23(34)37-4)25-24(27(36)39-6-2)14(3)30-28-31(25)26(35)22(41-28)11-16-9-17(29)19(33)12-18(16)32/h7-12,25,32-33H,5-6,13H2,1-4H3/b22-11-/t25-/m1/s1. The molecule has 2 N–H and O–H groups in total. The summed E-state index contributed by atoms with van der Waals surface area (Å²) in [4.78, 5) is 43.5. The number of rotatable bonds is 9. The zero-order chi connectivity index (χ0) is 29.8. The number of methoxy groups -OCH3 is 1. The Morgan fingerprint density at radius 1 is 1.10 bits per heavy atom. The highest BCUT2D eigenvalue weighted by Gasteiger charge is 2.34. The molecule has 0 aliphatic carbocycles. The van der Waals surface area contributed by atoms with Gasteiger partial charge in [0, 0.05) is 11.6 Å². The predicted molar refractivity (Wildman–Crippen MR) is 153 cm³/mol. The Bertz CT molecular complexity index is 1730. The number of carbonyl (C=O) groups excluding carboxylic acids is 2. The summed E-state index contributed by atoms with van der Waals surface area (Å²) in [5.74, 6) is -0.996. The average molecular weight is 648 g/mol. The number of benzene rings is 2. The van der Waals surface area contributed by atoms with Crippen LogP contribution in [0.4, 0.5) is 0 Å². The molecule has 2 aromatic carbocycles. The van der Waals surface area contributed by atoms with E-state index in [1.54, 1.807) is 39.0 Å². The number of carbonyl (C=O) groups is 2. The molecule has 1 aromatic heterocycles. The second kappa shape index (κ2) is 12.6. The number of phenolic OH excluding ortho intramolecular Hbond substituents is 2. The third-order valence-corrected chi connectivity index (χ3v) is 7.67. The highest BCUT2D eigenvalue weighted by Crippen LogP contribution is 2.37. The van der Waals surface area contributed by atoms with Crippen molar-refractivity contribution in [2.45, 2.75) is 26.8 Å². The van der Waals surface area contributed by atoms with E-state index in [9.17, 15) is 24.6 Å². The molecule has 0 bridgehead atoms. The monoisotopic (exact) mass is 646 g/mol. The topological polar surface area (TPSA) is 146 Å². The molecule has 0 spiro atoms. The minimum Gasteiger partial charge on any atom is -0.507 e. The number of thiazole rings is 1. The summed E-state index contributed by atoms with van der Waals surface area (Å²) in [6.45, 7) is 5.19. The lowest BCUT2D eigenvalue weighted by atomic mass is 9.95. The van der Waals surface area contributed by atoms with Gasteiger partial charge in [-0.2, -0.15) is 0 Å². The van der Waals surface area contributed by atoms with Gasteiger partial charge in [0.25, 0.3) is 5.56 Å². The Kier molecular flexibility index (Phi) is 9.18. The van der Waals surface area contributed by atoms with E-state index in [-0.39, 0.29) is 47.2 Å². The van der Waals surface area contributed by atoms with Crippen molar-refractivity contribution in [1.82, 2.24) is 4.57 Å². The molecule has 2 heterocycles. The Balaban J connectivity index is 1.92. The van der Waals surface area contributed by atoms with Gasteiger partial charge in [-0.3, -0.25) is 9.36 Å². The Labute approximate surface area is 246 Å². The van der Waals surface area contributed by atoms with Crippen LogP contribution in [0, 0.1) is 0 Å². The Hall–Kier alpha value is -4.10. The maximum Gasteiger partial charge on any atom is 0.343 e. The molecule has 1 aliphatic rings. The van der Waals surface area contributed by atoms with E-state index in [1.165, 1.54) is 23.8 Å². The maximum atomic E-state index is 13.8. The molecular formula is C28H27BrN2O9S. The molecule has 0 saturated heterocycles. The fourth-order valence-corrected chi connectivity index (χ4v) is 5.61. The first-order chi connectivity index (χ1) is 19.6. The molecule has 0 saturated carbocycles. The first kappa shape index (κ1) is 29.9. The predicted octanol–water partition coefficient (Wildman–Crippen LogP) is 2.92. The van der Waals surface area contributed by atoms with Gasteiger partial charge in [0.15, 0.2) is 22.9 Å². The van der Waals surface area contributed by atoms with Crippen molar-refractivity contribution >= 4 is 45.3 Å². The van der Waals surface area contributed by atoms with Crippen molar-refractivity contribution in [3.05, 3.63) is 76.9 Å². The Morgan fingerprint density at radius 3 is 2.54 bits per heavy atom. The smallest absolute Gasteiger partial charge is 0.343 e. The molecule has 1 atom stereocenters. The molecule has 3 aromatic rings. The van der Waals surface area contributed by atoms with Crippen molar-refractivity contribution in [2.75, 3.05) is 26.9 Å². The number of halogens is 1. The highest BCUT2D eigenvalue weighted by atomic mass is 79.9. The summed E-state index contributed by atoms with van der Waals surface area (Å²) >= 11 is 4.30. The lowest BCUT2D eigenvalue weighted by Crippen LogP contribution is -2.40. The van der Waals surface area contributed by atoms with Crippen LogP contribution in [0.15, 0.2) is 55.9 Å². The molecule has 1 aliphatic heterocycles. The average Bonchev–Trinajstić information content (AvgIpc) is 3.24. The third-order valence-electron chi connectivity index (χ3n) is 6.06. The number of aromatic nitrogens is 1. The van der Waals surface area contributed by atoms with Crippen LogP contribution in [0.5, 0.6) is 23.0 Å². The number of fused-ring (bicyclic) bond motifs is 1. The lowest BCUT2D eigenvalue weighted by molar-refractivity contribution is -0.143. The summed E-state index contributed by atoms with van der Waals surface area (Å²) in [6, 6.07) is 6.61. The number of aromatic hydroxyl groups is 2. The van der Waals surface area contributed by atoms with E-state index < -0.39 is 23.5 Å². The van der Waals surface area contributed by atoms with Crippen molar-refractivity contribution < 1.29 is 38.7 Å². The maximum absolute atomic E-state index is 13.8.